The van der Waals surface area contributed by atoms with Crippen molar-refractivity contribution in [2.75, 3.05) is 19.6 Å². The maximum Gasteiger partial charge on any atom is 0.215 e. The first-order valence-corrected chi connectivity index (χ1v) is 9.98. The van der Waals surface area contributed by atoms with E-state index in [1.165, 1.54) is 12.8 Å². The van der Waals surface area contributed by atoms with Crippen LogP contribution in [0.3, 0.4) is 0 Å². The van der Waals surface area contributed by atoms with Gasteiger partial charge < -0.3 is 0 Å². The molecule has 1 N–H and O–H groups in total. The number of benzene rings is 1. The molecule has 3 aliphatic rings. The third kappa shape index (κ3) is 3.70. The molecule has 3 heterocycles. The average molecular weight is 322 g/mol. The first-order valence-electron chi connectivity index (χ1n) is 8.32. The highest BCUT2D eigenvalue weighted by Gasteiger charge is 2.39. The number of piperidine rings is 3. The van der Waals surface area contributed by atoms with Crippen molar-refractivity contribution in [3.8, 4) is 0 Å². The van der Waals surface area contributed by atoms with Gasteiger partial charge >= 0.3 is 0 Å². The first-order chi connectivity index (χ1) is 10.6. The summed E-state index contributed by atoms with van der Waals surface area (Å²) < 4.78 is 27.3. The summed E-state index contributed by atoms with van der Waals surface area (Å²) in [6.45, 7) is 5.10. The molecule has 0 aromatic heterocycles. The van der Waals surface area contributed by atoms with E-state index in [0.717, 1.165) is 36.9 Å². The summed E-state index contributed by atoms with van der Waals surface area (Å²) in [5.41, 5.74) is 0.839. The highest BCUT2D eigenvalue weighted by Crippen LogP contribution is 2.37. The number of hydrogen-bond acceptors (Lipinski definition) is 3. The predicted octanol–water partition coefficient (Wildman–Crippen LogP) is 2.23. The fourth-order valence-electron chi connectivity index (χ4n) is 3.99. The summed E-state index contributed by atoms with van der Waals surface area (Å²) in [6.07, 6.45) is 3.67. The zero-order valence-electron chi connectivity index (χ0n) is 13.2. The molecule has 0 aliphatic carbocycles. The van der Waals surface area contributed by atoms with Crippen LogP contribution in [0.25, 0.3) is 0 Å². The lowest BCUT2D eigenvalue weighted by atomic mass is 9.74. The zero-order valence-corrected chi connectivity index (χ0v) is 14.1. The topological polar surface area (TPSA) is 49.4 Å². The van der Waals surface area contributed by atoms with Crippen molar-refractivity contribution in [1.82, 2.24) is 9.62 Å². The molecule has 2 bridgehead atoms. The molecule has 0 spiro atoms. The molecule has 0 amide bonds. The Hall–Kier alpha value is -0.910. The van der Waals surface area contributed by atoms with E-state index in [9.17, 15) is 8.42 Å². The van der Waals surface area contributed by atoms with Crippen molar-refractivity contribution in [2.45, 2.75) is 38.0 Å². The highest BCUT2D eigenvalue weighted by molar-refractivity contribution is 7.88. The van der Waals surface area contributed by atoms with Gasteiger partial charge in [-0.25, -0.2) is 13.1 Å². The number of fused-ring (bicyclic) bond motifs is 3. The van der Waals surface area contributed by atoms with Crippen molar-refractivity contribution in [3.63, 3.8) is 0 Å². The van der Waals surface area contributed by atoms with Gasteiger partial charge in [-0.05, 0) is 36.8 Å². The average Bonchev–Trinajstić information content (AvgIpc) is 2.54. The van der Waals surface area contributed by atoms with Gasteiger partial charge in [-0.2, -0.15) is 0 Å². The molecule has 3 saturated heterocycles. The van der Waals surface area contributed by atoms with Gasteiger partial charge in [0.1, 0.15) is 0 Å². The van der Waals surface area contributed by atoms with Gasteiger partial charge in [0.25, 0.3) is 0 Å². The van der Waals surface area contributed by atoms with Crippen molar-refractivity contribution in [1.29, 1.82) is 0 Å². The Labute approximate surface area is 134 Å². The SMILES string of the molecule is CCC1CN2CCC1CC2CNS(=O)(=O)Cc1ccccc1. The Morgan fingerprint density at radius 1 is 1.27 bits per heavy atom. The molecular formula is C17H26N2O2S. The van der Waals surface area contributed by atoms with Gasteiger partial charge in [0.05, 0.1) is 5.75 Å². The van der Waals surface area contributed by atoms with Gasteiger partial charge in [0, 0.05) is 19.1 Å². The summed E-state index contributed by atoms with van der Waals surface area (Å²) >= 11 is 0. The van der Waals surface area contributed by atoms with E-state index in [1.54, 1.807) is 0 Å². The third-order valence-electron chi connectivity index (χ3n) is 5.28. The van der Waals surface area contributed by atoms with E-state index in [2.05, 4.69) is 16.5 Å². The van der Waals surface area contributed by atoms with E-state index in [1.807, 2.05) is 30.3 Å². The van der Waals surface area contributed by atoms with Gasteiger partial charge in [0.2, 0.25) is 10.0 Å². The minimum Gasteiger partial charge on any atom is -0.299 e. The van der Waals surface area contributed by atoms with Gasteiger partial charge in [-0.15, -0.1) is 0 Å². The van der Waals surface area contributed by atoms with E-state index in [4.69, 9.17) is 0 Å². The molecule has 122 valence electrons. The maximum atomic E-state index is 12.2. The van der Waals surface area contributed by atoms with Gasteiger partial charge in [-0.1, -0.05) is 43.7 Å². The molecule has 3 fully saturated rings. The molecule has 1 aromatic carbocycles. The van der Waals surface area contributed by atoms with Gasteiger partial charge in [0.15, 0.2) is 0 Å². The molecule has 4 atom stereocenters. The molecule has 5 heteroatoms. The molecule has 4 nitrogen and oxygen atoms in total. The van der Waals surface area contributed by atoms with E-state index >= 15 is 0 Å². The van der Waals surface area contributed by atoms with E-state index in [0.29, 0.717) is 12.6 Å². The fourth-order valence-corrected chi connectivity index (χ4v) is 5.17. The van der Waals surface area contributed by atoms with Crippen LogP contribution in [-0.2, 0) is 15.8 Å². The number of rotatable bonds is 6. The van der Waals surface area contributed by atoms with Crippen LogP contribution < -0.4 is 4.72 Å². The van der Waals surface area contributed by atoms with Crippen LogP contribution in [0, 0.1) is 11.8 Å². The Balaban J connectivity index is 1.54. The molecular weight excluding hydrogens is 296 g/mol. The van der Waals surface area contributed by atoms with Gasteiger partial charge in [-0.3, -0.25) is 4.90 Å². The normalized spacial score (nSPS) is 31.3. The summed E-state index contributed by atoms with van der Waals surface area (Å²) in [4.78, 5) is 2.49. The molecule has 0 radical (unpaired) electrons. The Bertz CT molecular complexity index is 588. The number of hydrogen-bond donors (Lipinski definition) is 1. The van der Waals surface area contributed by atoms with Crippen LogP contribution in [0.15, 0.2) is 30.3 Å². The van der Waals surface area contributed by atoms with Crippen LogP contribution in [0.2, 0.25) is 0 Å². The summed E-state index contributed by atoms with van der Waals surface area (Å²) in [5.74, 6) is 1.67. The molecule has 3 aliphatic heterocycles. The molecule has 4 rings (SSSR count). The van der Waals surface area contributed by atoms with E-state index in [-0.39, 0.29) is 5.75 Å². The lowest BCUT2D eigenvalue weighted by molar-refractivity contribution is 0.00236. The lowest BCUT2D eigenvalue weighted by Crippen LogP contribution is -2.56. The molecule has 4 unspecified atom stereocenters. The Morgan fingerprint density at radius 2 is 2.05 bits per heavy atom. The minimum absolute atomic E-state index is 0.0710. The Morgan fingerprint density at radius 3 is 2.68 bits per heavy atom. The number of nitrogens with one attached hydrogen (secondary N) is 1. The van der Waals surface area contributed by atoms with E-state index < -0.39 is 10.0 Å². The van der Waals surface area contributed by atoms with Crippen LogP contribution in [-0.4, -0.2) is 39.0 Å². The predicted molar refractivity (Wildman–Crippen MR) is 88.9 cm³/mol. The second-order valence-corrected chi connectivity index (χ2v) is 8.50. The first kappa shape index (κ1) is 16.0. The van der Waals surface area contributed by atoms with Crippen LogP contribution >= 0.6 is 0 Å². The molecule has 22 heavy (non-hydrogen) atoms. The smallest absolute Gasteiger partial charge is 0.215 e. The maximum absolute atomic E-state index is 12.2. The summed E-state index contributed by atoms with van der Waals surface area (Å²) in [7, 11) is -3.25. The minimum atomic E-state index is -3.25. The second-order valence-electron chi connectivity index (χ2n) is 6.69. The second kappa shape index (κ2) is 6.69. The monoisotopic (exact) mass is 322 g/mol. The van der Waals surface area contributed by atoms with Crippen molar-refractivity contribution in [3.05, 3.63) is 35.9 Å². The highest BCUT2D eigenvalue weighted by atomic mass is 32.2. The fraction of sp³-hybridized carbons (Fsp3) is 0.647. The van der Waals surface area contributed by atoms with Crippen molar-refractivity contribution >= 4 is 10.0 Å². The molecule has 0 saturated carbocycles. The molecule has 1 aromatic rings. The standard InChI is InChI=1S/C17H26N2O2S/c1-2-15-12-19-9-8-16(15)10-17(19)11-18-22(20,21)13-14-6-4-3-5-7-14/h3-7,15-18H,2,8-13H2,1H3. The van der Waals surface area contributed by atoms with Crippen LogP contribution in [0.1, 0.15) is 31.7 Å². The lowest BCUT2D eigenvalue weighted by Gasteiger charge is -2.50. The summed E-state index contributed by atoms with van der Waals surface area (Å²) in [5, 5.41) is 0. The quantitative estimate of drug-likeness (QED) is 0.874. The van der Waals surface area contributed by atoms with Crippen molar-refractivity contribution < 1.29 is 8.42 Å². The largest absolute Gasteiger partial charge is 0.299 e. The summed E-state index contributed by atoms with van der Waals surface area (Å²) in [6, 6.07) is 9.75. The van der Waals surface area contributed by atoms with Crippen LogP contribution in [0.4, 0.5) is 0 Å². The van der Waals surface area contributed by atoms with Crippen LogP contribution in [0.5, 0.6) is 0 Å². The number of nitrogens with zero attached hydrogens (tertiary/aromatic N) is 1. The Kier molecular flexibility index (Phi) is 4.85. The van der Waals surface area contributed by atoms with Crippen molar-refractivity contribution in [2.24, 2.45) is 11.8 Å². The zero-order chi connectivity index (χ0) is 15.6. The third-order valence-corrected chi connectivity index (χ3v) is 6.60. The number of sulfonamides is 1.